The van der Waals surface area contributed by atoms with E-state index in [0.717, 1.165) is 11.3 Å². The Bertz CT molecular complexity index is 1050. The van der Waals surface area contributed by atoms with Crippen LogP contribution in [0.1, 0.15) is 12.0 Å². The molecule has 1 N–H and O–H groups in total. The number of ether oxygens (including phenoxy) is 3. The van der Waals surface area contributed by atoms with Crippen molar-refractivity contribution in [3.63, 3.8) is 0 Å². The molecule has 4 rings (SSSR count). The highest BCUT2D eigenvalue weighted by atomic mass is 16.5. The van der Waals surface area contributed by atoms with E-state index < -0.39 is 35.4 Å². The standard InChI is InChI=1S/C22H23N3O6/c1-5-10-25-14-9-7-6-8-12(14)22-11-13(18(26)29-2)23-21(22)24-16(20(28)31-4)15(17(22)25)19(27)30-3/h5-9,13,17H,1,10-11H2,2-4H3,(H,23,24)/t13-,17-,22-/m0/s1. The molecular weight excluding hydrogens is 402 g/mol. The molecule has 1 aromatic rings. The monoisotopic (exact) mass is 425 g/mol. The van der Waals surface area contributed by atoms with Crippen molar-refractivity contribution < 1.29 is 28.6 Å². The first-order chi connectivity index (χ1) is 14.9. The normalized spacial score (nSPS) is 25.5. The van der Waals surface area contributed by atoms with Gasteiger partial charge in [-0.05, 0) is 18.1 Å². The van der Waals surface area contributed by atoms with Crippen molar-refractivity contribution in [3.8, 4) is 0 Å². The van der Waals surface area contributed by atoms with Gasteiger partial charge in [0.15, 0.2) is 6.04 Å². The third-order valence-electron chi connectivity index (χ3n) is 6.08. The Kier molecular flexibility index (Phi) is 5.04. The average Bonchev–Trinajstić information content (AvgIpc) is 3.32. The van der Waals surface area contributed by atoms with Crippen molar-refractivity contribution in [1.29, 1.82) is 0 Å². The number of carbonyl (C=O) groups excluding carboxylic acids is 3. The van der Waals surface area contributed by atoms with Gasteiger partial charge in [-0.25, -0.2) is 14.4 Å². The smallest absolute Gasteiger partial charge is 0.355 e. The number of esters is 3. The summed E-state index contributed by atoms with van der Waals surface area (Å²) in [4.78, 5) is 44.6. The van der Waals surface area contributed by atoms with Gasteiger partial charge >= 0.3 is 17.9 Å². The van der Waals surface area contributed by atoms with Gasteiger partial charge in [-0.1, -0.05) is 24.3 Å². The van der Waals surface area contributed by atoms with Crippen molar-refractivity contribution in [2.45, 2.75) is 23.9 Å². The quantitative estimate of drug-likeness (QED) is 0.420. The van der Waals surface area contributed by atoms with Crippen LogP contribution in [0.3, 0.4) is 0 Å². The molecule has 0 aliphatic carbocycles. The Balaban J connectivity index is 2.03. The topological polar surface area (TPSA) is 107 Å². The summed E-state index contributed by atoms with van der Waals surface area (Å²) in [7, 11) is 3.79. The summed E-state index contributed by atoms with van der Waals surface area (Å²) in [5, 5.41) is 3.00. The van der Waals surface area contributed by atoms with Gasteiger partial charge in [0, 0.05) is 12.2 Å². The van der Waals surface area contributed by atoms with Gasteiger partial charge in [0.25, 0.3) is 0 Å². The fourth-order valence-electron chi connectivity index (χ4n) is 4.92. The van der Waals surface area contributed by atoms with Crippen LogP contribution < -0.4 is 10.2 Å². The van der Waals surface area contributed by atoms with E-state index in [1.54, 1.807) is 6.08 Å². The molecule has 0 unspecified atom stereocenters. The van der Waals surface area contributed by atoms with E-state index >= 15 is 0 Å². The van der Waals surface area contributed by atoms with Gasteiger partial charge in [-0.3, -0.25) is 4.99 Å². The minimum Gasteiger partial charge on any atom is -0.467 e. The number of methoxy groups -OCH3 is 3. The number of fused-ring (bicyclic) bond motifs is 1. The number of hydrogen-bond acceptors (Lipinski definition) is 9. The molecule has 3 aliphatic rings. The molecule has 0 fully saturated rings. The van der Waals surface area contributed by atoms with Crippen molar-refractivity contribution in [3.05, 3.63) is 53.8 Å². The summed E-state index contributed by atoms with van der Waals surface area (Å²) < 4.78 is 14.9. The van der Waals surface area contributed by atoms with Crippen molar-refractivity contribution in [2.24, 2.45) is 4.99 Å². The highest BCUT2D eigenvalue weighted by Gasteiger charge is 2.64. The van der Waals surface area contributed by atoms with Crippen LogP contribution in [0.4, 0.5) is 5.69 Å². The number of aliphatic imine (C=N–C) groups is 1. The Labute approximate surface area is 179 Å². The van der Waals surface area contributed by atoms with Gasteiger partial charge in [0.2, 0.25) is 0 Å². The molecule has 3 atom stereocenters. The van der Waals surface area contributed by atoms with Crippen LogP contribution >= 0.6 is 0 Å². The van der Waals surface area contributed by atoms with E-state index in [1.807, 2.05) is 29.2 Å². The van der Waals surface area contributed by atoms with E-state index in [2.05, 4.69) is 16.9 Å². The number of amidine groups is 1. The lowest BCUT2D eigenvalue weighted by Crippen LogP contribution is -2.60. The van der Waals surface area contributed by atoms with Gasteiger partial charge in [0.1, 0.15) is 11.5 Å². The molecule has 0 amide bonds. The molecule has 9 nitrogen and oxygen atoms in total. The number of rotatable bonds is 5. The van der Waals surface area contributed by atoms with Gasteiger partial charge in [0.05, 0.1) is 38.4 Å². The summed E-state index contributed by atoms with van der Waals surface area (Å²) in [6.45, 7) is 4.25. The molecule has 31 heavy (non-hydrogen) atoms. The summed E-state index contributed by atoms with van der Waals surface area (Å²) in [5.41, 5.74) is 0.946. The Morgan fingerprint density at radius 1 is 1.19 bits per heavy atom. The molecule has 3 heterocycles. The highest BCUT2D eigenvalue weighted by Crippen LogP contribution is 2.55. The molecule has 0 bridgehead atoms. The summed E-state index contributed by atoms with van der Waals surface area (Å²) in [5.74, 6) is -1.47. The maximum absolute atomic E-state index is 13.0. The number of anilines is 1. The van der Waals surface area contributed by atoms with E-state index in [9.17, 15) is 14.4 Å². The SMILES string of the molecule is C=CCN1c2ccccc2[C@]23C[C@@H](C(=O)OC)N=C2NC(C(=O)OC)=C(C(=O)OC)[C@H]13. The number of hydrogen-bond donors (Lipinski definition) is 1. The molecular formula is C22H23N3O6. The lowest BCUT2D eigenvalue weighted by Gasteiger charge is -2.42. The molecule has 9 heteroatoms. The largest absolute Gasteiger partial charge is 0.467 e. The summed E-state index contributed by atoms with van der Waals surface area (Å²) in [6.07, 6.45) is 1.99. The first-order valence-electron chi connectivity index (χ1n) is 9.75. The van der Waals surface area contributed by atoms with E-state index in [0.29, 0.717) is 12.4 Å². The lowest BCUT2D eigenvalue weighted by molar-refractivity contribution is -0.142. The second-order valence-corrected chi connectivity index (χ2v) is 7.45. The minimum absolute atomic E-state index is 0.0545. The first-order valence-corrected chi connectivity index (χ1v) is 9.75. The second-order valence-electron chi connectivity index (χ2n) is 7.45. The van der Waals surface area contributed by atoms with Gasteiger partial charge in [-0.2, -0.15) is 0 Å². The number of nitrogens with zero attached hydrogens (tertiary/aromatic N) is 2. The zero-order valence-electron chi connectivity index (χ0n) is 17.5. The zero-order chi connectivity index (χ0) is 22.3. The van der Waals surface area contributed by atoms with E-state index in [4.69, 9.17) is 14.2 Å². The fraction of sp³-hybridized carbons (Fsp3) is 0.364. The summed E-state index contributed by atoms with van der Waals surface area (Å²) in [6, 6.07) is 6.22. The molecule has 0 saturated carbocycles. The van der Waals surface area contributed by atoms with Crippen LogP contribution in [-0.2, 0) is 34.0 Å². The average molecular weight is 425 g/mol. The molecule has 162 valence electrons. The van der Waals surface area contributed by atoms with E-state index in [1.165, 1.54) is 21.3 Å². The Morgan fingerprint density at radius 2 is 1.90 bits per heavy atom. The minimum atomic E-state index is -0.875. The first kappa shape index (κ1) is 20.6. The van der Waals surface area contributed by atoms with Crippen LogP contribution in [0.2, 0.25) is 0 Å². The van der Waals surface area contributed by atoms with Gasteiger partial charge in [-0.15, -0.1) is 6.58 Å². The molecule has 1 aromatic carbocycles. The Morgan fingerprint density at radius 3 is 2.55 bits per heavy atom. The second kappa shape index (κ2) is 7.57. The van der Waals surface area contributed by atoms with Crippen LogP contribution in [0.15, 0.2) is 53.2 Å². The van der Waals surface area contributed by atoms with Crippen molar-refractivity contribution >= 4 is 29.4 Å². The number of benzene rings is 1. The molecule has 1 spiro atoms. The van der Waals surface area contributed by atoms with Crippen LogP contribution in [-0.4, -0.2) is 63.7 Å². The molecule has 0 aromatic heterocycles. The number of carbonyl (C=O) groups is 3. The maximum Gasteiger partial charge on any atom is 0.355 e. The van der Waals surface area contributed by atoms with Crippen molar-refractivity contribution in [1.82, 2.24) is 5.32 Å². The molecule has 0 radical (unpaired) electrons. The fourth-order valence-corrected chi connectivity index (χ4v) is 4.92. The number of nitrogens with one attached hydrogen (secondary N) is 1. The predicted octanol–water partition coefficient (Wildman–Crippen LogP) is 0.846. The third-order valence-corrected chi connectivity index (χ3v) is 6.08. The number of para-hydroxylation sites is 1. The zero-order valence-corrected chi connectivity index (χ0v) is 17.5. The summed E-state index contributed by atoms with van der Waals surface area (Å²) >= 11 is 0. The van der Waals surface area contributed by atoms with Crippen molar-refractivity contribution in [2.75, 3.05) is 32.8 Å². The van der Waals surface area contributed by atoms with Crippen LogP contribution in [0, 0.1) is 0 Å². The van der Waals surface area contributed by atoms with Gasteiger partial charge < -0.3 is 24.4 Å². The highest BCUT2D eigenvalue weighted by molar-refractivity contribution is 6.14. The van der Waals surface area contributed by atoms with Crippen LogP contribution in [0.25, 0.3) is 0 Å². The molecule has 0 saturated heterocycles. The third kappa shape index (κ3) is 2.76. The van der Waals surface area contributed by atoms with Crippen LogP contribution in [0.5, 0.6) is 0 Å². The molecule has 3 aliphatic heterocycles. The lowest BCUT2D eigenvalue weighted by atomic mass is 9.68. The van der Waals surface area contributed by atoms with E-state index in [-0.39, 0.29) is 17.7 Å². The Hall–Kier alpha value is -3.62. The predicted molar refractivity (Wildman–Crippen MR) is 112 cm³/mol. The maximum atomic E-state index is 13.0.